The molecule has 2 heterocycles. The van der Waals surface area contributed by atoms with Gasteiger partial charge in [0.2, 0.25) is 0 Å². The molecule has 0 saturated carbocycles. The van der Waals surface area contributed by atoms with E-state index in [1.807, 2.05) is 18.2 Å². The van der Waals surface area contributed by atoms with Crippen molar-refractivity contribution in [3.05, 3.63) is 42.1 Å². The Morgan fingerprint density at radius 1 is 1.29 bits per heavy atom. The predicted octanol–water partition coefficient (Wildman–Crippen LogP) is 1.93. The molecule has 5 nitrogen and oxygen atoms in total. The first kappa shape index (κ1) is 14.4. The van der Waals surface area contributed by atoms with Crippen LogP contribution in [0, 0.1) is 0 Å². The number of pyridine rings is 1. The summed E-state index contributed by atoms with van der Waals surface area (Å²) in [5.41, 5.74) is 4.70. The molecule has 1 aromatic heterocycles. The Bertz CT molecular complexity index is 606. The molecule has 2 aromatic rings. The summed E-state index contributed by atoms with van der Waals surface area (Å²) in [6.45, 7) is 1.38. The van der Waals surface area contributed by atoms with Gasteiger partial charge < -0.3 is 9.47 Å². The quantitative estimate of drug-likeness (QED) is 0.664. The highest BCUT2D eigenvalue weighted by Crippen LogP contribution is 2.39. The lowest BCUT2D eigenvalue weighted by Crippen LogP contribution is -2.51. The topological polar surface area (TPSA) is 69.4 Å². The molecule has 0 radical (unpaired) electrons. The van der Waals surface area contributed by atoms with Crippen molar-refractivity contribution >= 4 is 10.9 Å². The molecule has 1 saturated heterocycles. The summed E-state index contributed by atoms with van der Waals surface area (Å²) in [5.74, 6) is 5.90. The van der Waals surface area contributed by atoms with Crippen LogP contribution in [-0.2, 0) is 9.47 Å². The minimum absolute atomic E-state index is 0.0979. The van der Waals surface area contributed by atoms with Gasteiger partial charge in [-0.1, -0.05) is 18.2 Å². The van der Waals surface area contributed by atoms with E-state index >= 15 is 0 Å². The number of rotatable bonds is 4. The summed E-state index contributed by atoms with van der Waals surface area (Å²) in [6.07, 6.45) is 3.43. The molecule has 1 aliphatic heterocycles. The number of ether oxygens (including phenoxy) is 2. The molecule has 3 rings (SSSR count). The maximum absolute atomic E-state index is 5.90. The zero-order chi connectivity index (χ0) is 14.7. The van der Waals surface area contributed by atoms with Gasteiger partial charge in [0.1, 0.15) is 0 Å². The fourth-order valence-electron chi connectivity index (χ4n) is 3.23. The van der Waals surface area contributed by atoms with Crippen molar-refractivity contribution in [3.63, 3.8) is 0 Å². The summed E-state index contributed by atoms with van der Waals surface area (Å²) in [4.78, 5) is 4.42. The molecule has 0 amide bonds. The Kier molecular flexibility index (Phi) is 4.17. The summed E-state index contributed by atoms with van der Waals surface area (Å²) in [5, 5.41) is 1.10. The van der Waals surface area contributed by atoms with E-state index in [-0.39, 0.29) is 11.6 Å². The highest BCUT2D eigenvalue weighted by molar-refractivity contribution is 5.82. The van der Waals surface area contributed by atoms with Gasteiger partial charge in [-0.3, -0.25) is 16.3 Å². The van der Waals surface area contributed by atoms with Gasteiger partial charge >= 0.3 is 0 Å². The van der Waals surface area contributed by atoms with Gasteiger partial charge in [0.05, 0.1) is 17.2 Å². The van der Waals surface area contributed by atoms with Gasteiger partial charge in [-0.2, -0.15) is 0 Å². The summed E-state index contributed by atoms with van der Waals surface area (Å²) >= 11 is 0. The van der Waals surface area contributed by atoms with Crippen molar-refractivity contribution in [1.29, 1.82) is 0 Å². The number of nitrogens with zero attached hydrogens (tertiary/aromatic N) is 1. The van der Waals surface area contributed by atoms with Gasteiger partial charge in [-0.05, 0) is 17.7 Å². The molecule has 0 spiro atoms. The highest BCUT2D eigenvalue weighted by atomic mass is 16.5. The van der Waals surface area contributed by atoms with E-state index in [1.165, 1.54) is 0 Å². The van der Waals surface area contributed by atoms with E-state index in [4.69, 9.17) is 15.3 Å². The third-order valence-corrected chi connectivity index (χ3v) is 4.43. The Morgan fingerprint density at radius 3 is 2.81 bits per heavy atom. The van der Waals surface area contributed by atoms with E-state index in [1.54, 1.807) is 13.3 Å². The SMILES string of the molecule is COC1(C(NN)c2cccc3ncccc23)CCOCC1. The lowest BCUT2D eigenvalue weighted by atomic mass is 9.81. The Hall–Kier alpha value is -1.53. The smallest absolute Gasteiger partial charge is 0.0929 e. The van der Waals surface area contributed by atoms with Gasteiger partial charge in [0.25, 0.3) is 0 Å². The highest BCUT2D eigenvalue weighted by Gasteiger charge is 2.41. The maximum Gasteiger partial charge on any atom is 0.0929 e. The number of aromatic nitrogens is 1. The fraction of sp³-hybridized carbons (Fsp3) is 0.438. The van der Waals surface area contributed by atoms with Crippen molar-refractivity contribution in [3.8, 4) is 0 Å². The van der Waals surface area contributed by atoms with Crippen LogP contribution in [0.3, 0.4) is 0 Å². The molecule has 1 atom stereocenters. The normalized spacial score (nSPS) is 19.5. The second-order valence-corrected chi connectivity index (χ2v) is 5.40. The average Bonchev–Trinajstić information content (AvgIpc) is 2.56. The molecule has 21 heavy (non-hydrogen) atoms. The van der Waals surface area contributed by atoms with E-state index in [2.05, 4.69) is 22.5 Å². The van der Waals surface area contributed by atoms with Crippen molar-refractivity contribution in [2.45, 2.75) is 24.5 Å². The molecule has 1 aliphatic rings. The van der Waals surface area contributed by atoms with Crippen LogP contribution in [0.2, 0.25) is 0 Å². The molecule has 112 valence electrons. The first-order valence-corrected chi connectivity index (χ1v) is 7.23. The van der Waals surface area contributed by atoms with Crippen LogP contribution in [0.5, 0.6) is 0 Å². The number of nitrogens with one attached hydrogen (secondary N) is 1. The number of hydrazine groups is 1. The minimum atomic E-state index is -0.350. The number of nitrogens with two attached hydrogens (primary N) is 1. The summed E-state index contributed by atoms with van der Waals surface area (Å²) in [6, 6.07) is 10.0. The minimum Gasteiger partial charge on any atom is -0.381 e. The second-order valence-electron chi connectivity index (χ2n) is 5.40. The monoisotopic (exact) mass is 287 g/mol. The standard InChI is InChI=1S/C16H21N3O2/c1-20-16(7-10-21-11-8-16)15(19-17)13-4-2-6-14-12(13)5-3-9-18-14/h2-6,9,15,19H,7-8,10-11,17H2,1H3. The Morgan fingerprint density at radius 2 is 2.10 bits per heavy atom. The number of hydrogen-bond donors (Lipinski definition) is 2. The third kappa shape index (κ3) is 2.53. The van der Waals surface area contributed by atoms with Gasteiger partial charge in [0.15, 0.2) is 0 Å². The van der Waals surface area contributed by atoms with Gasteiger partial charge in [-0.15, -0.1) is 0 Å². The van der Waals surface area contributed by atoms with Crippen LogP contribution in [-0.4, -0.2) is 30.9 Å². The molecular weight excluding hydrogens is 266 g/mol. The van der Waals surface area contributed by atoms with Gasteiger partial charge in [-0.25, -0.2) is 0 Å². The Labute approximate surface area is 124 Å². The van der Waals surface area contributed by atoms with Crippen LogP contribution >= 0.6 is 0 Å². The van der Waals surface area contributed by atoms with Crippen molar-refractivity contribution < 1.29 is 9.47 Å². The number of benzene rings is 1. The first-order valence-electron chi connectivity index (χ1n) is 7.23. The van der Waals surface area contributed by atoms with Crippen LogP contribution in [0.15, 0.2) is 36.5 Å². The van der Waals surface area contributed by atoms with Crippen LogP contribution in [0.25, 0.3) is 10.9 Å². The van der Waals surface area contributed by atoms with E-state index in [0.29, 0.717) is 13.2 Å². The number of hydrogen-bond acceptors (Lipinski definition) is 5. The molecular formula is C16H21N3O2. The van der Waals surface area contributed by atoms with E-state index < -0.39 is 0 Å². The molecule has 1 fully saturated rings. The predicted molar refractivity (Wildman–Crippen MR) is 81.6 cm³/mol. The lowest BCUT2D eigenvalue weighted by Gasteiger charge is -2.42. The Balaban J connectivity index is 2.09. The zero-order valence-electron chi connectivity index (χ0n) is 12.2. The number of fused-ring (bicyclic) bond motifs is 1. The maximum atomic E-state index is 5.90. The zero-order valence-corrected chi connectivity index (χ0v) is 12.2. The van der Waals surface area contributed by atoms with Crippen LogP contribution in [0.1, 0.15) is 24.4 Å². The average molecular weight is 287 g/mol. The molecule has 0 aliphatic carbocycles. The van der Waals surface area contributed by atoms with Gasteiger partial charge in [0, 0.05) is 44.7 Å². The van der Waals surface area contributed by atoms with Crippen molar-refractivity contribution in [2.24, 2.45) is 5.84 Å². The van der Waals surface area contributed by atoms with Crippen molar-refractivity contribution in [1.82, 2.24) is 10.4 Å². The summed E-state index contributed by atoms with van der Waals surface area (Å²) < 4.78 is 11.4. The second kappa shape index (κ2) is 6.07. The molecule has 0 bridgehead atoms. The lowest BCUT2D eigenvalue weighted by molar-refractivity contribution is -0.111. The first-order chi connectivity index (χ1) is 10.3. The molecule has 1 unspecified atom stereocenters. The summed E-state index contributed by atoms with van der Waals surface area (Å²) in [7, 11) is 1.75. The molecule has 1 aromatic carbocycles. The van der Waals surface area contributed by atoms with E-state index in [0.717, 1.165) is 29.3 Å². The van der Waals surface area contributed by atoms with Crippen LogP contribution < -0.4 is 11.3 Å². The van der Waals surface area contributed by atoms with Crippen LogP contribution in [0.4, 0.5) is 0 Å². The van der Waals surface area contributed by atoms with E-state index in [9.17, 15) is 0 Å². The fourth-order valence-corrected chi connectivity index (χ4v) is 3.23. The molecule has 5 heteroatoms. The third-order valence-electron chi connectivity index (χ3n) is 4.43. The largest absolute Gasteiger partial charge is 0.381 e. The number of methoxy groups -OCH3 is 1. The molecule has 3 N–H and O–H groups in total. The van der Waals surface area contributed by atoms with Crippen molar-refractivity contribution in [2.75, 3.05) is 20.3 Å².